The number of pyridine rings is 1. The first kappa shape index (κ1) is 14.1. The molecule has 0 aliphatic carbocycles. The van der Waals surface area contributed by atoms with Crippen LogP contribution in [-0.2, 0) is 0 Å². The number of halogens is 4. The second-order valence-corrected chi connectivity index (χ2v) is 5.31. The van der Waals surface area contributed by atoms with E-state index in [9.17, 15) is 13.6 Å². The van der Waals surface area contributed by atoms with Gasteiger partial charge < -0.3 is 5.32 Å². The Hall–Kier alpha value is -1.34. The Balaban J connectivity index is 2.28. The predicted molar refractivity (Wildman–Crippen MR) is 73.9 cm³/mol. The molecule has 98 valence electrons. The van der Waals surface area contributed by atoms with E-state index in [0.29, 0.717) is 10.2 Å². The molecule has 0 saturated heterocycles. The number of hydrogen-bond donors (Lipinski definition) is 1. The van der Waals surface area contributed by atoms with Crippen molar-refractivity contribution in [3.8, 4) is 0 Å². The van der Waals surface area contributed by atoms with Crippen LogP contribution in [0.1, 0.15) is 10.4 Å². The van der Waals surface area contributed by atoms with E-state index >= 15 is 0 Å². The highest BCUT2D eigenvalue weighted by Gasteiger charge is 2.16. The number of benzene rings is 1. The van der Waals surface area contributed by atoms with Crippen LogP contribution in [0.2, 0.25) is 0 Å². The SMILES string of the molecule is O=C(Nc1ccc(Br)cc1Br)c1ccnc(F)c1F. The molecule has 0 radical (unpaired) electrons. The molecule has 0 unspecified atom stereocenters. The number of hydrogen-bond acceptors (Lipinski definition) is 2. The molecule has 19 heavy (non-hydrogen) atoms. The second kappa shape index (κ2) is 5.75. The zero-order valence-electron chi connectivity index (χ0n) is 9.25. The van der Waals surface area contributed by atoms with Crippen molar-refractivity contribution in [1.29, 1.82) is 0 Å². The number of nitrogens with one attached hydrogen (secondary N) is 1. The standard InChI is InChI=1S/C12H6Br2F2N2O/c13-6-1-2-9(8(14)5-6)18-12(19)7-3-4-17-11(16)10(7)15/h1-5H,(H,18,19). The van der Waals surface area contributed by atoms with Crippen LogP contribution in [0.3, 0.4) is 0 Å². The summed E-state index contributed by atoms with van der Waals surface area (Å²) in [4.78, 5) is 15.0. The van der Waals surface area contributed by atoms with Gasteiger partial charge in [0.2, 0.25) is 5.95 Å². The summed E-state index contributed by atoms with van der Waals surface area (Å²) in [6, 6.07) is 6.17. The van der Waals surface area contributed by atoms with Gasteiger partial charge in [0.1, 0.15) is 0 Å². The van der Waals surface area contributed by atoms with Gasteiger partial charge in [-0.1, -0.05) is 15.9 Å². The number of carbonyl (C=O) groups excluding carboxylic acids is 1. The third-order valence-corrected chi connectivity index (χ3v) is 3.42. The summed E-state index contributed by atoms with van der Waals surface area (Å²) in [6.07, 6.45) is 1.03. The van der Waals surface area contributed by atoms with Crippen molar-refractivity contribution in [2.75, 3.05) is 5.32 Å². The van der Waals surface area contributed by atoms with Crippen LogP contribution in [0.4, 0.5) is 14.5 Å². The topological polar surface area (TPSA) is 42.0 Å². The molecular formula is C12H6Br2F2N2O. The smallest absolute Gasteiger partial charge is 0.258 e. The lowest BCUT2D eigenvalue weighted by Gasteiger charge is -2.08. The third kappa shape index (κ3) is 3.16. The first-order valence-corrected chi connectivity index (χ1v) is 6.64. The molecule has 0 spiro atoms. The lowest BCUT2D eigenvalue weighted by Crippen LogP contribution is -2.15. The van der Waals surface area contributed by atoms with E-state index in [2.05, 4.69) is 42.2 Å². The van der Waals surface area contributed by atoms with Gasteiger partial charge in [-0.15, -0.1) is 0 Å². The van der Waals surface area contributed by atoms with Crippen molar-refractivity contribution in [1.82, 2.24) is 4.98 Å². The largest absolute Gasteiger partial charge is 0.321 e. The molecule has 0 fully saturated rings. The van der Waals surface area contributed by atoms with Gasteiger partial charge in [0, 0.05) is 15.1 Å². The van der Waals surface area contributed by atoms with Crippen molar-refractivity contribution in [3.05, 3.63) is 56.7 Å². The van der Waals surface area contributed by atoms with Crippen LogP contribution in [0.25, 0.3) is 0 Å². The Morgan fingerprint density at radius 1 is 1.21 bits per heavy atom. The highest BCUT2D eigenvalue weighted by molar-refractivity contribution is 9.11. The molecular weight excluding hydrogens is 386 g/mol. The maximum atomic E-state index is 13.4. The number of aromatic nitrogens is 1. The molecule has 0 aliphatic heterocycles. The fraction of sp³-hybridized carbons (Fsp3) is 0. The lowest BCUT2D eigenvalue weighted by molar-refractivity contribution is 0.102. The van der Waals surface area contributed by atoms with Gasteiger partial charge in [-0.2, -0.15) is 4.39 Å². The van der Waals surface area contributed by atoms with Crippen LogP contribution in [0.5, 0.6) is 0 Å². The zero-order chi connectivity index (χ0) is 14.0. The molecule has 0 saturated carbocycles. The van der Waals surface area contributed by atoms with E-state index in [1.54, 1.807) is 18.2 Å². The summed E-state index contributed by atoms with van der Waals surface area (Å²) in [5, 5.41) is 2.48. The zero-order valence-corrected chi connectivity index (χ0v) is 12.4. The lowest BCUT2D eigenvalue weighted by atomic mass is 10.2. The van der Waals surface area contributed by atoms with E-state index in [0.717, 1.165) is 16.7 Å². The maximum absolute atomic E-state index is 13.4. The van der Waals surface area contributed by atoms with Crippen LogP contribution in [0.15, 0.2) is 39.4 Å². The van der Waals surface area contributed by atoms with Gasteiger partial charge in [-0.05, 0) is 40.2 Å². The first-order chi connectivity index (χ1) is 8.99. The molecule has 2 rings (SSSR count). The molecule has 7 heteroatoms. The second-order valence-electron chi connectivity index (χ2n) is 3.54. The van der Waals surface area contributed by atoms with Gasteiger partial charge >= 0.3 is 0 Å². The summed E-state index contributed by atoms with van der Waals surface area (Å²) in [6.45, 7) is 0. The van der Waals surface area contributed by atoms with Crippen molar-refractivity contribution < 1.29 is 13.6 Å². The van der Waals surface area contributed by atoms with E-state index in [1.807, 2.05) is 0 Å². The highest BCUT2D eigenvalue weighted by Crippen LogP contribution is 2.26. The van der Waals surface area contributed by atoms with Gasteiger partial charge in [-0.3, -0.25) is 4.79 Å². The molecule has 1 aromatic carbocycles. The maximum Gasteiger partial charge on any atom is 0.258 e. The molecule has 1 amide bonds. The molecule has 0 atom stereocenters. The van der Waals surface area contributed by atoms with Crippen LogP contribution < -0.4 is 5.32 Å². The van der Waals surface area contributed by atoms with Crippen molar-refractivity contribution in [2.24, 2.45) is 0 Å². The van der Waals surface area contributed by atoms with E-state index in [4.69, 9.17) is 0 Å². The minimum absolute atomic E-state index is 0.401. The summed E-state index contributed by atoms with van der Waals surface area (Å²) >= 11 is 6.52. The number of amides is 1. The molecule has 3 nitrogen and oxygen atoms in total. The Morgan fingerprint density at radius 2 is 1.95 bits per heavy atom. The van der Waals surface area contributed by atoms with Crippen LogP contribution in [0, 0.1) is 11.8 Å². The van der Waals surface area contributed by atoms with E-state index in [-0.39, 0.29) is 0 Å². The van der Waals surface area contributed by atoms with Gasteiger partial charge in [-0.25, -0.2) is 9.37 Å². The summed E-state index contributed by atoms with van der Waals surface area (Å²) < 4.78 is 27.8. The molecule has 1 aromatic heterocycles. The summed E-state index contributed by atoms with van der Waals surface area (Å²) in [5.74, 6) is -3.32. The Labute approximate surface area is 124 Å². The monoisotopic (exact) mass is 390 g/mol. The molecule has 0 bridgehead atoms. The Kier molecular flexibility index (Phi) is 4.26. The van der Waals surface area contributed by atoms with Crippen molar-refractivity contribution in [3.63, 3.8) is 0 Å². The first-order valence-electron chi connectivity index (χ1n) is 5.05. The predicted octanol–water partition coefficient (Wildman–Crippen LogP) is 4.14. The van der Waals surface area contributed by atoms with E-state index in [1.165, 1.54) is 0 Å². The van der Waals surface area contributed by atoms with Crippen molar-refractivity contribution in [2.45, 2.75) is 0 Å². The number of rotatable bonds is 2. The minimum Gasteiger partial charge on any atom is -0.321 e. The van der Waals surface area contributed by atoms with E-state index < -0.39 is 23.2 Å². The fourth-order valence-electron chi connectivity index (χ4n) is 1.37. The average molecular weight is 392 g/mol. The number of carbonyl (C=O) groups is 1. The number of nitrogens with zero attached hydrogens (tertiary/aromatic N) is 1. The third-order valence-electron chi connectivity index (χ3n) is 2.27. The van der Waals surface area contributed by atoms with Gasteiger partial charge in [0.15, 0.2) is 5.82 Å². The quantitative estimate of drug-likeness (QED) is 0.782. The summed E-state index contributed by atoms with van der Waals surface area (Å²) in [5.41, 5.74) is 0.0483. The Bertz CT molecular complexity index is 650. The highest BCUT2D eigenvalue weighted by atomic mass is 79.9. The summed E-state index contributed by atoms with van der Waals surface area (Å²) in [7, 11) is 0. The normalized spacial score (nSPS) is 10.3. The molecule has 2 aromatic rings. The average Bonchev–Trinajstić information content (AvgIpc) is 2.36. The minimum atomic E-state index is -1.30. The van der Waals surface area contributed by atoms with Crippen LogP contribution in [-0.4, -0.2) is 10.9 Å². The number of anilines is 1. The van der Waals surface area contributed by atoms with Crippen molar-refractivity contribution >= 4 is 43.5 Å². The van der Waals surface area contributed by atoms with Gasteiger partial charge in [0.25, 0.3) is 5.91 Å². The molecule has 1 heterocycles. The molecule has 1 N–H and O–H groups in total. The Morgan fingerprint density at radius 3 is 2.63 bits per heavy atom. The van der Waals surface area contributed by atoms with Crippen LogP contribution >= 0.6 is 31.9 Å². The van der Waals surface area contributed by atoms with Gasteiger partial charge in [0.05, 0.1) is 11.3 Å². The molecule has 0 aliphatic rings. The fourth-order valence-corrected chi connectivity index (χ4v) is 2.52.